The molecule has 0 aromatic heterocycles. The number of anilines is 1. The number of amides is 4. The molecule has 2 aromatic carbocycles. The van der Waals surface area contributed by atoms with Crippen molar-refractivity contribution in [2.75, 3.05) is 18.1 Å². The van der Waals surface area contributed by atoms with Gasteiger partial charge in [-0.3, -0.25) is 14.9 Å². The Kier molecular flexibility index (Phi) is 6.81. The third-order valence-electron chi connectivity index (χ3n) is 4.10. The van der Waals surface area contributed by atoms with Gasteiger partial charge in [0.05, 0.1) is 16.8 Å². The normalized spacial score (nSPS) is 15.1. The molecule has 0 saturated carbocycles. The molecule has 1 saturated heterocycles. The van der Waals surface area contributed by atoms with Gasteiger partial charge in [0.1, 0.15) is 17.1 Å². The number of hydrogen-bond donors (Lipinski definition) is 1. The van der Waals surface area contributed by atoms with E-state index in [0.717, 1.165) is 17.0 Å². The van der Waals surface area contributed by atoms with Crippen molar-refractivity contribution in [3.05, 3.63) is 63.9 Å². The average Bonchev–Trinajstić information content (AvgIpc) is 2.72. The average molecular weight is 491 g/mol. The Morgan fingerprint density at radius 3 is 2.52 bits per heavy atom. The molecule has 0 bridgehead atoms. The number of hydrogen-bond acceptors (Lipinski definition) is 6. The van der Waals surface area contributed by atoms with Crippen molar-refractivity contribution in [3.8, 4) is 5.75 Å². The number of esters is 1. The summed E-state index contributed by atoms with van der Waals surface area (Å²) >= 11 is 3.30. The van der Waals surface area contributed by atoms with Crippen molar-refractivity contribution < 1.29 is 33.0 Å². The van der Waals surface area contributed by atoms with Gasteiger partial charge in [-0.1, -0.05) is 6.07 Å². The Morgan fingerprint density at radius 1 is 1.16 bits per heavy atom. The standard InChI is InChI=1S/C21H16BrFN2O6/c1-2-30-18(26)11-31-17-8-3-12(10-16(17)22)9-15-19(27)24-21(29)25(20(15)28)14-6-4-13(23)5-7-14/h3-10H,2,11H2,1H3,(H,24,27,29)/b15-9+. The van der Waals surface area contributed by atoms with Crippen LogP contribution in [0, 0.1) is 5.82 Å². The van der Waals surface area contributed by atoms with E-state index in [1.54, 1.807) is 25.1 Å². The Balaban J connectivity index is 1.84. The minimum Gasteiger partial charge on any atom is -0.481 e. The Morgan fingerprint density at radius 2 is 1.87 bits per heavy atom. The second kappa shape index (κ2) is 9.52. The van der Waals surface area contributed by atoms with E-state index >= 15 is 0 Å². The topological polar surface area (TPSA) is 102 Å². The molecule has 1 N–H and O–H groups in total. The molecular weight excluding hydrogens is 475 g/mol. The minimum absolute atomic E-state index is 0.117. The number of carbonyl (C=O) groups is 4. The summed E-state index contributed by atoms with van der Waals surface area (Å²) in [6.45, 7) is 1.65. The van der Waals surface area contributed by atoms with Crippen LogP contribution in [0.25, 0.3) is 6.08 Å². The molecule has 0 radical (unpaired) electrons. The van der Waals surface area contributed by atoms with Gasteiger partial charge in [0.25, 0.3) is 11.8 Å². The van der Waals surface area contributed by atoms with Crippen LogP contribution in [0.4, 0.5) is 14.9 Å². The van der Waals surface area contributed by atoms with E-state index in [1.165, 1.54) is 18.2 Å². The van der Waals surface area contributed by atoms with E-state index in [0.29, 0.717) is 15.8 Å². The number of halogens is 2. The van der Waals surface area contributed by atoms with E-state index in [-0.39, 0.29) is 24.5 Å². The molecule has 31 heavy (non-hydrogen) atoms. The number of carbonyl (C=O) groups excluding carboxylic acids is 4. The maximum atomic E-state index is 13.2. The molecule has 1 aliphatic rings. The van der Waals surface area contributed by atoms with E-state index < -0.39 is 29.6 Å². The van der Waals surface area contributed by atoms with Gasteiger partial charge in [0, 0.05) is 0 Å². The molecule has 8 nitrogen and oxygen atoms in total. The molecule has 1 heterocycles. The van der Waals surface area contributed by atoms with Gasteiger partial charge in [0.2, 0.25) is 0 Å². The third kappa shape index (κ3) is 5.15. The molecule has 0 aliphatic carbocycles. The largest absolute Gasteiger partial charge is 0.481 e. The van der Waals surface area contributed by atoms with Crippen molar-refractivity contribution >= 4 is 51.5 Å². The summed E-state index contributed by atoms with van der Waals surface area (Å²) in [7, 11) is 0. The second-order valence-corrected chi connectivity index (χ2v) is 7.07. The highest BCUT2D eigenvalue weighted by atomic mass is 79.9. The lowest BCUT2D eigenvalue weighted by Crippen LogP contribution is -2.54. The first-order valence-electron chi connectivity index (χ1n) is 9.05. The van der Waals surface area contributed by atoms with Crippen molar-refractivity contribution in [1.29, 1.82) is 0 Å². The molecular formula is C21H16BrFN2O6. The molecule has 3 rings (SSSR count). The van der Waals surface area contributed by atoms with E-state index in [4.69, 9.17) is 9.47 Å². The van der Waals surface area contributed by atoms with Crippen LogP contribution in [0.15, 0.2) is 52.5 Å². The molecule has 0 atom stereocenters. The van der Waals surface area contributed by atoms with Crippen LogP contribution in [0.3, 0.4) is 0 Å². The monoisotopic (exact) mass is 490 g/mol. The van der Waals surface area contributed by atoms with Gasteiger partial charge >= 0.3 is 12.0 Å². The maximum Gasteiger partial charge on any atom is 0.344 e. The van der Waals surface area contributed by atoms with Crippen LogP contribution in [-0.2, 0) is 19.1 Å². The van der Waals surface area contributed by atoms with Gasteiger partial charge in [-0.15, -0.1) is 0 Å². The Labute approximate surface area is 184 Å². The van der Waals surface area contributed by atoms with E-state index in [9.17, 15) is 23.6 Å². The van der Waals surface area contributed by atoms with Crippen molar-refractivity contribution in [3.63, 3.8) is 0 Å². The fourth-order valence-corrected chi connectivity index (χ4v) is 3.22. The number of nitrogens with one attached hydrogen (secondary N) is 1. The smallest absolute Gasteiger partial charge is 0.344 e. The first-order chi connectivity index (χ1) is 14.8. The lowest BCUT2D eigenvalue weighted by Gasteiger charge is -2.26. The number of urea groups is 1. The lowest BCUT2D eigenvalue weighted by molar-refractivity contribution is -0.145. The zero-order valence-electron chi connectivity index (χ0n) is 16.2. The zero-order chi connectivity index (χ0) is 22.5. The summed E-state index contributed by atoms with van der Waals surface area (Å²) < 4.78 is 23.8. The van der Waals surface area contributed by atoms with Crippen LogP contribution in [0.2, 0.25) is 0 Å². The predicted octanol–water partition coefficient (Wildman–Crippen LogP) is 3.20. The van der Waals surface area contributed by atoms with Gasteiger partial charge in [-0.2, -0.15) is 0 Å². The number of nitrogens with zero attached hydrogens (tertiary/aromatic N) is 1. The molecule has 1 aliphatic heterocycles. The Bertz CT molecular complexity index is 1080. The molecule has 160 valence electrons. The summed E-state index contributed by atoms with van der Waals surface area (Å²) in [4.78, 5) is 49.4. The predicted molar refractivity (Wildman–Crippen MR) is 112 cm³/mol. The zero-order valence-corrected chi connectivity index (χ0v) is 17.8. The number of rotatable bonds is 6. The lowest BCUT2D eigenvalue weighted by atomic mass is 10.1. The van der Waals surface area contributed by atoms with Crippen molar-refractivity contribution in [2.45, 2.75) is 6.92 Å². The molecule has 0 unspecified atom stereocenters. The van der Waals surface area contributed by atoms with Gasteiger partial charge in [-0.25, -0.2) is 18.9 Å². The summed E-state index contributed by atoms with van der Waals surface area (Å²) in [5, 5.41) is 2.09. The highest BCUT2D eigenvalue weighted by molar-refractivity contribution is 9.10. The molecule has 2 aromatic rings. The second-order valence-electron chi connectivity index (χ2n) is 6.22. The fraction of sp³-hybridized carbons (Fsp3) is 0.143. The van der Waals surface area contributed by atoms with Crippen LogP contribution in [-0.4, -0.2) is 37.0 Å². The van der Waals surface area contributed by atoms with Gasteiger partial charge in [-0.05, 0) is 70.9 Å². The maximum absolute atomic E-state index is 13.2. The fourth-order valence-electron chi connectivity index (χ4n) is 2.71. The third-order valence-corrected chi connectivity index (χ3v) is 4.72. The highest BCUT2D eigenvalue weighted by Gasteiger charge is 2.36. The summed E-state index contributed by atoms with van der Waals surface area (Å²) in [5.41, 5.74) is 0.296. The highest BCUT2D eigenvalue weighted by Crippen LogP contribution is 2.28. The van der Waals surface area contributed by atoms with Crippen LogP contribution in [0.5, 0.6) is 5.75 Å². The summed E-state index contributed by atoms with van der Waals surface area (Å²) in [6, 6.07) is 8.47. The molecule has 0 spiro atoms. The van der Waals surface area contributed by atoms with Crippen molar-refractivity contribution in [2.24, 2.45) is 0 Å². The number of imide groups is 2. The first kappa shape index (κ1) is 22.2. The van der Waals surface area contributed by atoms with Crippen molar-refractivity contribution in [1.82, 2.24) is 5.32 Å². The van der Waals surface area contributed by atoms with E-state index in [1.807, 2.05) is 0 Å². The number of ether oxygens (including phenoxy) is 2. The first-order valence-corrected chi connectivity index (χ1v) is 9.84. The number of benzene rings is 2. The van der Waals surface area contributed by atoms with Crippen LogP contribution < -0.4 is 15.0 Å². The summed E-state index contributed by atoms with van der Waals surface area (Å²) in [5.74, 6) is -2.39. The van der Waals surface area contributed by atoms with Crippen LogP contribution in [0.1, 0.15) is 12.5 Å². The minimum atomic E-state index is -0.928. The molecule has 1 fully saturated rings. The van der Waals surface area contributed by atoms with Gasteiger partial charge in [0.15, 0.2) is 6.61 Å². The number of barbiturate groups is 1. The summed E-state index contributed by atoms with van der Waals surface area (Å²) in [6.07, 6.45) is 1.31. The van der Waals surface area contributed by atoms with E-state index in [2.05, 4.69) is 21.2 Å². The Hall–Kier alpha value is -3.53. The molecule has 10 heteroatoms. The van der Waals surface area contributed by atoms with Crippen LogP contribution >= 0.6 is 15.9 Å². The van der Waals surface area contributed by atoms with Gasteiger partial charge < -0.3 is 9.47 Å². The quantitative estimate of drug-likeness (QED) is 0.379. The molecule has 4 amide bonds. The SMILES string of the molecule is CCOC(=O)COc1ccc(/C=C2\C(=O)NC(=O)N(c3ccc(F)cc3)C2=O)cc1Br.